The minimum absolute atomic E-state index is 1.08. The highest BCUT2D eigenvalue weighted by Crippen LogP contribution is 2.35. The number of fused-ring (bicyclic) bond motifs is 3. The Morgan fingerprint density at radius 3 is 2.86 bits per heavy atom. The van der Waals surface area contributed by atoms with Gasteiger partial charge in [0.1, 0.15) is 0 Å². The van der Waals surface area contributed by atoms with E-state index in [1.807, 2.05) is 18.6 Å². The van der Waals surface area contributed by atoms with Crippen LogP contribution >= 0.6 is 0 Å². The quantitative estimate of drug-likeness (QED) is 0.643. The first-order chi connectivity index (χ1) is 10.8. The summed E-state index contributed by atoms with van der Waals surface area (Å²) >= 11 is 0. The van der Waals surface area contributed by atoms with Crippen molar-refractivity contribution in [2.24, 2.45) is 7.05 Å². The van der Waals surface area contributed by atoms with Gasteiger partial charge in [-0.05, 0) is 24.6 Å². The fourth-order valence-corrected chi connectivity index (χ4v) is 2.96. The molecule has 3 aromatic rings. The van der Waals surface area contributed by atoms with Crippen LogP contribution < -0.4 is 9.47 Å². The molecule has 0 saturated carbocycles. The van der Waals surface area contributed by atoms with Crippen molar-refractivity contribution in [3.8, 4) is 5.69 Å². The molecule has 0 N–H and O–H groups in total. The first-order valence-corrected chi connectivity index (χ1v) is 7.30. The zero-order valence-electron chi connectivity index (χ0n) is 12.6. The van der Waals surface area contributed by atoms with E-state index in [2.05, 4.69) is 81.8 Å². The van der Waals surface area contributed by atoms with E-state index < -0.39 is 0 Å². The van der Waals surface area contributed by atoms with Gasteiger partial charge in [0.15, 0.2) is 5.69 Å². The highest BCUT2D eigenvalue weighted by molar-refractivity contribution is 5.78. The molecule has 1 aromatic carbocycles. The summed E-state index contributed by atoms with van der Waals surface area (Å²) in [6.07, 6.45) is 10.0. The number of nitrogens with zero attached hydrogens (tertiary/aromatic N) is 4. The maximum absolute atomic E-state index is 4.28. The van der Waals surface area contributed by atoms with Crippen LogP contribution in [0.3, 0.4) is 0 Å². The second-order valence-corrected chi connectivity index (χ2v) is 5.49. The molecule has 0 amide bonds. The Hall–Kier alpha value is -2.88. The molecule has 22 heavy (non-hydrogen) atoms. The molecule has 2 aromatic heterocycles. The Balaban J connectivity index is 2.02. The van der Waals surface area contributed by atoms with E-state index in [9.17, 15) is 0 Å². The third-order valence-electron chi connectivity index (χ3n) is 4.05. The van der Waals surface area contributed by atoms with Gasteiger partial charge in [0.2, 0.25) is 0 Å². The van der Waals surface area contributed by atoms with Gasteiger partial charge in [0.05, 0.1) is 43.3 Å². The lowest BCUT2D eigenvalue weighted by Gasteiger charge is -2.18. The van der Waals surface area contributed by atoms with Crippen molar-refractivity contribution in [2.45, 2.75) is 6.92 Å². The van der Waals surface area contributed by atoms with Crippen LogP contribution in [-0.2, 0) is 7.05 Å². The van der Waals surface area contributed by atoms with Gasteiger partial charge in [-0.25, -0.2) is 9.55 Å². The van der Waals surface area contributed by atoms with E-state index in [4.69, 9.17) is 0 Å². The van der Waals surface area contributed by atoms with Crippen molar-refractivity contribution in [3.63, 3.8) is 0 Å². The molecule has 0 unspecified atom stereocenters. The van der Waals surface area contributed by atoms with Gasteiger partial charge in [0, 0.05) is 12.1 Å². The van der Waals surface area contributed by atoms with Crippen molar-refractivity contribution in [1.29, 1.82) is 0 Å². The molecule has 1 aliphatic heterocycles. The van der Waals surface area contributed by atoms with E-state index in [-0.39, 0.29) is 0 Å². The van der Waals surface area contributed by atoms with Crippen molar-refractivity contribution in [3.05, 3.63) is 72.6 Å². The van der Waals surface area contributed by atoms with Crippen LogP contribution in [0.25, 0.3) is 11.8 Å². The summed E-state index contributed by atoms with van der Waals surface area (Å²) in [7, 11) is 2.06. The summed E-state index contributed by atoms with van der Waals surface area (Å²) in [5.74, 6) is 1.12. The topological polar surface area (TPSA) is 24.9 Å². The number of benzene rings is 1. The number of anilines is 2. The summed E-state index contributed by atoms with van der Waals surface area (Å²) in [6.45, 7) is 2.14. The molecule has 0 fully saturated rings. The molecule has 0 radical (unpaired) electrons. The number of aromatic nitrogens is 3. The van der Waals surface area contributed by atoms with E-state index in [1.54, 1.807) is 0 Å². The number of hydrogen-bond acceptors (Lipinski definition) is 2. The normalized spacial score (nSPS) is 12.7. The van der Waals surface area contributed by atoms with E-state index >= 15 is 0 Å². The van der Waals surface area contributed by atoms with Gasteiger partial charge in [-0.2, -0.15) is 4.90 Å². The molecular formula is C18H17N4+. The van der Waals surface area contributed by atoms with E-state index in [0.29, 0.717) is 0 Å². The molecule has 0 spiro atoms. The Morgan fingerprint density at radius 1 is 1.09 bits per heavy atom. The number of rotatable bonds is 1. The predicted octanol–water partition coefficient (Wildman–Crippen LogP) is 3.13. The van der Waals surface area contributed by atoms with Crippen LogP contribution in [-0.4, -0.2) is 9.55 Å². The fraction of sp³-hybridized carbons (Fsp3) is 0.111. The van der Waals surface area contributed by atoms with Crippen LogP contribution in [0, 0.1) is 6.92 Å². The number of aryl methyl sites for hydroxylation is 2. The molecule has 0 bridgehead atoms. The molecule has 4 nitrogen and oxygen atoms in total. The fourth-order valence-electron chi connectivity index (χ4n) is 2.96. The maximum atomic E-state index is 4.28. The van der Waals surface area contributed by atoms with Gasteiger partial charge in [0.25, 0.3) is 5.82 Å². The lowest BCUT2D eigenvalue weighted by molar-refractivity contribution is -0.658. The summed E-state index contributed by atoms with van der Waals surface area (Å²) in [4.78, 5) is 6.51. The van der Waals surface area contributed by atoms with Crippen molar-refractivity contribution in [1.82, 2.24) is 9.55 Å². The Bertz CT molecular complexity index is 876. The summed E-state index contributed by atoms with van der Waals surface area (Å²) in [5, 5.41) is 0. The molecule has 108 valence electrons. The van der Waals surface area contributed by atoms with Gasteiger partial charge in [-0.1, -0.05) is 18.2 Å². The highest BCUT2D eigenvalue weighted by atomic mass is 15.2. The van der Waals surface area contributed by atoms with Crippen LogP contribution in [0.2, 0.25) is 0 Å². The third-order valence-corrected chi connectivity index (χ3v) is 4.05. The summed E-state index contributed by atoms with van der Waals surface area (Å²) in [6, 6.07) is 12.6. The predicted molar refractivity (Wildman–Crippen MR) is 87.1 cm³/mol. The first kappa shape index (κ1) is 12.8. The van der Waals surface area contributed by atoms with Crippen LogP contribution in [0.15, 0.2) is 61.3 Å². The molecule has 0 aliphatic carbocycles. The van der Waals surface area contributed by atoms with E-state index in [1.165, 1.54) is 11.3 Å². The minimum atomic E-state index is 1.08. The molecule has 4 heteroatoms. The Morgan fingerprint density at radius 2 is 2.00 bits per heavy atom. The zero-order valence-corrected chi connectivity index (χ0v) is 12.6. The summed E-state index contributed by atoms with van der Waals surface area (Å²) < 4.78 is 4.25. The lowest BCUT2D eigenvalue weighted by atomic mass is 10.1. The van der Waals surface area contributed by atoms with Crippen LogP contribution in [0.5, 0.6) is 0 Å². The average molecular weight is 289 g/mol. The van der Waals surface area contributed by atoms with Gasteiger partial charge in [-0.3, -0.25) is 4.57 Å². The molecule has 1 aliphatic rings. The molecule has 0 saturated heterocycles. The van der Waals surface area contributed by atoms with Crippen LogP contribution in [0.4, 0.5) is 11.5 Å². The molecular weight excluding hydrogens is 272 g/mol. The van der Waals surface area contributed by atoms with Gasteiger partial charge in [-0.15, -0.1) is 0 Å². The number of para-hydroxylation sites is 1. The second kappa shape index (κ2) is 4.84. The Kier molecular flexibility index (Phi) is 2.82. The number of imidazole rings is 1. The summed E-state index contributed by atoms with van der Waals surface area (Å²) in [5.41, 5.74) is 4.62. The maximum Gasteiger partial charge on any atom is 0.286 e. The molecule has 0 atom stereocenters. The second-order valence-electron chi connectivity index (χ2n) is 5.49. The van der Waals surface area contributed by atoms with Gasteiger partial charge >= 0.3 is 0 Å². The molecule has 4 rings (SSSR count). The smallest absolute Gasteiger partial charge is 0.286 e. The first-order valence-electron chi connectivity index (χ1n) is 7.30. The third kappa shape index (κ3) is 1.84. The lowest BCUT2D eigenvalue weighted by Crippen LogP contribution is -2.34. The highest BCUT2D eigenvalue weighted by Gasteiger charge is 2.26. The van der Waals surface area contributed by atoms with Crippen molar-refractivity contribution >= 4 is 17.6 Å². The van der Waals surface area contributed by atoms with Crippen LogP contribution in [0.1, 0.15) is 11.3 Å². The van der Waals surface area contributed by atoms with Gasteiger partial charge < -0.3 is 0 Å². The number of hydrogen-bond donors (Lipinski definition) is 0. The standard InChI is InChI=1S/C18H17N4/c1-14-6-5-7-16-18(14)21(17-8-3-4-10-20(17)2)11-9-15-12-19-13-22(15)16/h3-13H,1-2H3/q+1. The Labute approximate surface area is 129 Å². The minimum Gasteiger partial charge on any atom is -0.295 e. The zero-order chi connectivity index (χ0) is 15.1. The average Bonchev–Trinajstić information content (AvgIpc) is 2.92. The largest absolute Gasteiger partial charge is 0.295 e. The molecule has 3 heterocycles. The van der Waals surface area contributed by atoms with E-state index in [0.717, 1.165) is 17.2 Å². The van der Waals surface area contributed by atoms with Crippen molar-refractivity contribution in [2.75, 3.05) is 4.90 Å². The monoisotopic (exact) mass is 289 g/mol. The SMILES string of the molecule is Cc1cccc2c1N(c1cccc[n+]1C)C=Cc1cncn1-2. The number of pyridine rings is 1. The van der Waals surface area contributed by atoms with Crippen molar-refractivity contribution < 1.29 is 4.57 Å².